The third-order valence-corrected chi connectivity index (χ3v) is 2.46. The Morgan fingerprint density at radius 2 is 2.17 bits per heavy atom. The molecule has 4 heteroatoms. The summed E-state index contributed by atoms with van der Waals surface area (Å²) in [5.41, 5.74) is 5.43. The third-order valence-electron chi connectivity index (χ3n) is 2.46. The molecule has 1 heterocycles. The van der Waals surface area contributed by atoms with Crippen LogP contribution in [0.15, 0.2) is 0 Å². The van der Waals surface area contributed by atoms with Gasteiger partial charge in [0.15, 0.2) is 5.82 Å². The first kappa shape index (κ1) is 7.73. The van der Waals surface area contributed by atoms with E-state index in [0.29, 0.717) is 12.5 Å². The van der Waals surface area contributed by atoms with Crippen LogP contribution in [-0.2, 0) is 6.54 Å². The molecule has 0 atom stereocenters. The zero-order valence-corrected chi connectivity index (χ0v) is 7.08. The number of rotatable bonds is 2. The summed E-state index contributed by atoms with van der Waals surface area (Å²) in [6.07, 6.45) is 5.11. The van der Waals surface area contributed by atoms with Crippen molar-refractivity contribution in [3.8, 4) is 0 Å². The van der Waals surface area contributed by atoms with Crippen LogP contribution in [0.3, 0.4) is 0 Å². The van der Waals surface area contributed by atoms with E-state index < -0.39 is 0 Å². The van der Waals surface area contributed by atoms with Gasteiger partial charge in [-0.25, -0.2) is 4.98 Å². The first-order valence-electron chi connectivity index (χ1n) is 4.51. The van der Waals surface area contributed by atoms with Crippen LogP contribution in [0.2, 0.25) is 0 Å². The van der Waals surface area contributed by atoms with Crippen LogP contribution in [0.4, 0.5) is 0 Å². The molecule has 12 heavy (non-hydrogen) atoms. The minimum absolute atomic E-state index is 0.458. The van der Waals surface area contributed by atoms with Crippen molar-refractivity contribution in [2.24, 2.45) is 5.73 Å². The minimum atomic E-state index is 0.458. The van der Waals surface area contributed by atoms with Crippen LogP contribution in [-0.4, -0.2) is 15.2 Å². The summed E-state index contributed by atoms with van der Waals surface area (Å²) in [7, 11) is 0. The zero-order chi connectivity index (χ0) is 8.39. The van der Waals surface area contributed by atoms with Gasteiger partial charge in [-0.15, -0.1) is 0 Å². The molecule has 0 radical (unpaired) electrons. The Balaban J connectivity index is 2.11. The number of hydrogen-bond acceptors (Lipinski definition) is 3. The quantitative estimate of drug-likeness (QED) is 0.686. The van der Waals surface area contributed by atoms with Crippen LogP contribution < -0.4 is 5.73 Å². The number of H-pyrrole nitrogens is 1. The van der Waals surface area contributed by atoms with Crippen LogP contribution in [0, 0.1) is 0 Å². The standard InChI is InChI=1S/C8H14N4/c9-5-7-10-8(12-11-7)6-3-1-2-4-6/h6H,1-5,9H2,(H,10,11,12). The Morgan fingerprint density at radius 1 is 1.42 bits per heavy atom. The molecule has 0 aliphatic heterocycles. The van der Waals surface area contributed by atoms with Crippen molar-refractivity contribution in [1.29, 1.82) is 0 Å². The molecule has 0 aromatic carbocycles. The maximum Gasteiger partial charge on any atom is 0.153 e. The molecule has 2 rings (SSSR count). The minimum Gasteiger partial charge on any atom is -0.324 e. The van der Waals surface area contributed by atoms with Crippen LogP contribution in [0.25, 0.3) is 0 Å². The van der Waals surface area contributed by atoms with Crippen molar-refractivity contribution in [2.45, 2.75) is 38.1 Å². The molecule has 0 amide bonds. The third kappa shape index (κ3) is 1.34. The van der Waals surface area contributed by atoms with Gasteiger partial charge < -0.3 is 5.73 Å². The lowest BCUT2D eigenvalue weighted by molar-refractivity contribution is 0.671. The van der Waals surface area contributed by atoms with Crippen LogP contribution in [0.1, 0.15) is 43.3 Å². The van der Waals surface area contributed by atoms with Crippen molar-refractivity contribution in [3.63, 3.8) is 0 Å². The fraction of sp³-hybridized carbons (Fsp3) is 0.750. The molecular formula is C8H14N4. The van der Waals surface area contributed by atoms with E-state index in [1.165, 1.54) is 25.7 Å². The van der Waals surface area contributed by atoms with Gasteiger partial charge in [0.05, 0.1) is 6.54 Å². The van der Waals surface area contributed by atoms with Crippen LogP contribution >= 0.6 is 0 Å². The van der Waals surface area contributed by atoms with Gasteiger partial charge in [0.2, 0.25) is 0 Å². The van der Waals surface area contributed by atoms with E-state index in [1.54, 1.807) is 0 Å². The van der Waals surface area contributed by atoms with Crippen molar-refractivity contribution >= 4 is 0 Å². The highest BCUT2D eigenvalue weighted by Gasteiger charge is 2.20. The predicted molar refractivity (Wildman–Crippen MR) is 45.5 cm³/mol. The lowest BCUT2D eigenvalue weighted by Gasteiger charge is -2.00. The van der Waals surface area contributed by atoms with Crippen molar-refractivity contribution in [2.75, 3.05) is 0 Å². The predicted octanol–water partition coefficient (Wildman–Crippen LogP) is 0.921. The molecule has 0 bridgehead atoms. The average molecular weight is 166 g/mol. The molecule has 0 spiro atoms. The molecule has 0 saturated heterocycles. The molecule has 1 aliphatic carbocycles. The van der Waals surface area contributed by atoms with Gasteiger partial charge in [-0.2, -0.15) is 5.10 Å². The normalized spacial score (nSPS) is 18.8. The lowest BCUT2D eigenvalue weighted by atomic mass is 10.1. The maximum absolute atomic E-state index is 5.43. The Kier molecular flexibility index (Phi) is 2.08. The van der Waals surface area contributed by atoms with Gasteiger partial charge in [-0.1, -0.05) is 12.8 Å². The summed E-state index contributed by atoms with van der Waals surface area (Å²) in [4.78, 5) is 4.32. The number of hydrogen-bond donors (Lipinski definition) is 2. The summed E-state index contributed by atoms with van der Waals surface area (Å²) in [5.74, 6) is 2.35. The van der Waals surface area contributed by atoms with Crippen LogP contribution in [0.5, 0.6) is 0 Å². The zero-order valence-electron chi connectivity index (χ0n) is 7.08. The summed E-state index contributed by atoms with van der Waals surface area (Å²) in [6, 6.07) is 0. The van der Waals surface area contributed by atoms with Gasteiger partial charge in [-0.05, 0) is 12.8 Å². The number of nitrogens with zero attached hydrogens (tertiary/aromatic N) is 2. The molecular weight excluding hydrogens is 152 g/mol. The van der Waals surface area contributed by atoms with E-state index in [0.717, 1.165) is 11.6 Å². The second kappa shape index (κ2) is 3.23. The van der Waals surface area contributed by atoms with Gasteiger partial charge >= 0.3 is 0 Å². The molecule has 0 unspecified atom stereocenters. The van der Waals surface area contributed by atoms with Gasteiger partial charge in [0, 0.05) is 5.92 Å². The fourth-order valence-corrected chi connectivity index (χ4v) is 1.77. The molecule has 66 valence electrons. The molecule has 1 saturated carbocycles. The maximum atomic E-state index is 5.43. The van der Waals surface area contributed by atoms with Crippen molar-refractivity contribution in [3.05, 3.63) is 11.6 Å². The Bertz CT molecular complexity index is 249. The van der Waals surface area contributed by atoms with Crippen molar-refractivity contribution in [1.82, 2.24) is 15.2 Å². The van der Waals surface area contributed by atoms with Gasteiger partial charge in [0.1, 0.15) is 5.82 Å². The first-order chi connectivity index (χ1) is 5.90. The Labute approximate surface area is 71.6 Å². The second-order valence-electron chi connectivity index (χ2n) is 3.33. The van der Waals surface area contributed by atoms with E-state index in [1.807, 2.05) is 0 Å². The summed E-state index contributed by atoms with van der Waals surface area (Å²) in [6.45, 7) is 0.458. The van der Waals surface area contributed by atoms with Crippen molar-refractivity contribution < 1.29 is 0 Å². The SMILES string of the molecule is NCc1nc(C2CCCC2)n[nH]1. The molecule has 4 nitrogen and oxygen atoms in total. The molecule has 3 N–H and O–H groups in total. The van der Waals surface area contributed by atoms with E-state index >= 15 is 0 Å². The monoisotopic (exact) mass is 166 g/mol. The van der Waals surface area contributed by atoms with E-state index in [2.05, 4.69) is 15.2 Å². The van der Waals surface area contributed by atoms with E-state index in [-0.39, 0.29) is 0 Å². The number of nitrogens with two attached hydrogens (primary N) is 1. The highest BCUT2D eigenvalue weighted by atomic mass is 15.2. The Hall–Kier alpha value is -0.900. The topological polar surface area (TPSA) is 67.6 Å². The highest BCUT2D eigenvalue weighted by molar-refractivity contribution is 4.99. The fourth-order valence-electron chi connectivity index (χ4n) is 1.77. The molecule has 1 fully saturated rings. The van der Waals surface area contributed by atoms with Gasteiger partial charge in [0.25, 0.3) is 0 Å². The summed E-state index contributed by atoms with van der Waals surface area (Å²) in [5, 5.41) is 7.00. The average Bonchev–Trinajstić information content (AvgIpc) is 2.75. The molecule has 1 aromatic heterocycles. The van der Waals surface area contributed by atoms with E-state index in [4.69, 9.17) is 5.73 Å². The number of aromatic nitrogens is 3. The van der Waals surface area contributed by atoms with Gasteiger partial charge in [-0.3, -0.25) is 5.10 Å². The number of nitrogens with one attached hydrogen (secondary N) is 1. The molecule has 1 aromatic rings. The summed E-state index contributed by atoms with van der Waals surface area (Å²) >= 11 is 0. The van der Waals surface area contributed by atoms with E-state index in [9.17, 15) is 0 Å². The largest absolute Gasteiger partial charge is 0.324 e. The summed E-state index contributed by atoms with van der Waals surface area (Å²) < 4.78 is 0. The molecule has 1 aliphatic rings. The smallest absolute Gasteiger partial charge is 0.153 e. The lowest BCUT2D eigenvalue weighted by Crippen LogP contribution is -1.99. The highest BCUT2D eigenvalue weighted by Crippen LogP contribution is 2.31. The second-order valence-corrected chi connectivity index (χ2v) is 3.33. The Morgan fingerprint density at radius 3 is 2.75 bits per heavy atom. The first-order valence-corrected chi connectivity index (χ1v) is 4.51. The number of aromatic amines is 1.